The van der Waals surface area contributed by atoms with Crippen LogP contribution in [0, 0.1) is 11.7 Å². The van der Waals surface area contributed by atoms with Gasteiger partial charge in [0.05, 0.1) is 17.9 Å². The lowest BCUT2D eigenvalue weighted by Gasteiger charge is -2.14. The summed E-state index contributed by atoms with van der Waals surface area (Å²) in [5.74, 6) is -0.950. The Morgan fingerprint density at radius 2 is 2.11 bits per heavy atom. The van der Waals surface area contributed by atoms with E-state index in [0.29, 0.717) is 17.1 Å². The van der Waals surface area contributed by atoms with Crippen molar-refractivity contribution >= 4 is 17.5 Å². The van der Waals surface area contributed by atoms with Crippen LogP contribution in [0.2, 0.25) is 5.02 Å². The van der Waals surface area contributed by atoms with Crippen LogP contribution in [0.4, 0.5) is 17.6 Å². The number of hydrogen-bond donors (Lipinski definition) is 1. The quantitative estimate of drug-likeness (QED) is 0.688. The topological polar surface area (TPSA) is 51.2 Å². The summed E-state index contributed by atoms with van der Waals surface area (Å²) >= 11 is 6.04. The largest absolute Gasteiger partial charge is 0.483 e. The van der Waals surface area contributed by atoms with E-state index in [4.69, 9.17) is 11.6 Å². The minimum Gasteiger partial charge on any atom is -0.483 e. The molecule has 0 spiro atoms. The lowest BCUT2D eigenvalue weighted by molar-refractivity contribution is -0.153. The third-order valence-electron chi connectivity index (χ3n) is 4.45. The van der Waals surface area contributed by atoms with Gasteiger partial charge in [-0.25, -0.2) is 4.39 Å². The minimum atomic E-state index is -4.42. The Kier molecular flexibility index (Phi) is 5.79. The van der Waals surface area contributed by atoms with E-state index >= 15 is 0 Å². The Balaban J connectivity index is 1.55. The van der Waals surface area contributed by atoms with Gasteiger partial charge in [0.25, 0.3) is 0 Å². The Bertz CT molecular complexity index is 858. The molecule has 1 aliphatic rings. The highest BCUT2D eigenvalue weighted by Crippen LogP contribution is 2.50. The molecule has 1 heterocycles. The summed E-state index contributed by atoms with van der Waals surface area (Å²) < 4.78 is 54.2. The van der Waals surface area contributed by atoms with Gasteiger partial charge >= 0.3 is 6.18 Å². The molecular weight excluding hydrogens is 400 g/mol. The number of carbonyl (C=O) groups excluding carboxylic acids is 1. The molecule has 2 aromatic rings. The van der Waals surface area contributed by atoms with Gasteiger partial charge < -0.3 is 10.1 Å². The van der Waals surface area contributed by atoms with Gasteiger partial charge in [0.2, 0.25) is 5.91 Å². The Hall–Kier alpha value is -2.35. The molecule has 1 amide bonds. The zero-order valence-corrected chi connectivity index (χ0v) is 15.5. The molecular formula is C19H17ClF4N2O2. The summed E-state index contributed by atoms with van der Waals surface area (Å²) in [6.07, 6.45) is -2.63. The van der Waals surface area contributed by atoms with Gasteiger partial charge in [0.15, 0.2) is 6.61 Å². The number of rotatable bonds is 6. The van der Waals surface area contributed by atoms with Crippen LogP contribution in [0.3, 0.4) is 0 Å². The SMILES string of the molecule is C[C@@H](NC(=O)[C@@H]1C[C@H]1c1ccc(F)cc1Cl)c1ccc(OCC(F)(F)F)cn1. The number of alkyl halides is 3. The van der Waals surface area contributed by atoms with Gasteiger partial charge in [-0.3, -0.25) is 9.78 Å². The molecule has 0 bridgehead atoms. The fraction of sp³-hybridized carbons (Fsp3) is 0.368. The lowest BCUT2D eigenvalue weighted by Crippen LogP contribution is -2.29. The van der Waals surface area contributed by atoms with Crippen LogP contribution in [0.1, 0.15) is 36.6 Å². The summed E-state index contributed by atoms with van der Waals surface area (Å²) in [6, 6.07) is 6.55. The molecule has 1 aliphatic carbocycles. The number of nitrogens with zero attached hydrogens (tertiary/aromatic N) is 1. The maximum Gasteiger partial charge on any atom is 0.422 e. The summed E-state index contributed by atoms with van der Waals surface area (Å²) in [7, 11) is 0. The molecule has 1 aromatic carbocycles. The normalized spacial score (nSPS) is 19.8. The Morgan fingerprint density at radius 3 is 2.71 bits per heavy atom. The van der Waals surface area contributed by atoms with E-state index in [9.17, 15) is 22.4 Å². The summed E-state index contributed by atoms with van der Waals surface area (Å²) in [5.41, 5.74) is 1.23. The van der Waals surface area contributed by atoms with E-state index in [2.05, 4.69) is 15.0 Å². The van der Waals surface area contributed by atoms with Gasteiger partial charge in [-0.2, -0.15) is 13.2 Å². The van der Waals surface area contributed by atoms with E-state index in [1.54, 1.807) is 13.0 Å². The highest BCUT2D eigenvalue weighted by molar-refractivity contribution is 6.31. The Labute approximate surface area is 163 Å². The number of carbonyl (C=O) groups is 1. The van der Waals surface area contributed by atoms with Crippen molar-refractivity contribution in [2.75, 3.05) is 6.61 Å². The molecule has 3 atom stereocenters. The smallest absolute Gasteiger partial charge is 0.422 e. The van der Waals surface area contributed by atoms with E-state index in [1.807, 2.05) is 0 Å². The average molecular weight is 417 g/mol. The minimum absolute atomic E-state index is 0.00666. The molecule has 0 aliphatic heterocycles. The highest BCUT2D eigenvalue weighted by Gasteiger charge is 2.45. The summed E-state index contributed by atoms with van der Waals surface area (Å²) in [5, 5.41) is 3.12. The molecule has 0 radical (unpaired) electrons. The van der Waals surface area contributed by atoms with Crippen molar-refractivity contribution in [1.29, 1.82) is 0 Å². The van der Waals surface area contributed by atoms with Crippen LogP contribution < -0.4 is 10.1 Å². The van der Waals surface area contributed by atoms with Gasteiger partial charge in [-0.05, 0) is 49.1 Å². The molecule has 1 aromatic heterocycles. The van der Waals surface area contributed by atoms with Crippen LogP contribution in [0.25, 0.3) is 0 Å². The molecule has 1 N–H and O–H groups in total. The van der Waals surface area contributed by atoms with E-state index < -0.39 is 24.6 Å². The molecule has 3 rings (SSSR count). The number of pyridine rings is 1. The number of hydrogen-bond acceptors (Lipinski definition) is 3. The van der Waals surface area contributed by atoms with Crippen LogP contribution in [0.15, 0.2) is 36.5 Å². The van der Waals surface area contributed by atoms with Gasteiger partial charge in [0, 0.05) is 10.9 Å². The lowest BCUT2D eigenvalue weighted by atomic mass is 10.1. The second-order valence-corrected chi connectivity index (χ2v) is 7.07. The monoisotopic (exact) mass is 416 g/mol. The van der Waals surface area contributed by atoms with Crippen molar-refractivity contribution in [3.63, 3.8) is 0 Å². The standard InChI is InChI=1S/C19H17ClF4N2O2/c1-10(17-5-3-12(8-25-17)28-9-19(22,23)24)26-18(27)15-7-14(15)13-4-2-11(21)6-16(13)20/h2-6,8,10,14-15H,7,9H2,1H3,(H,26,27)/t10-,14+,15-/m1/s1. The zero-order valence-electron chi connectivity index (χ0n) is 14.8. The van der Waals surface area contributed by atoms with Crippen LogP contribution in [-0.2, 0) is 4.79 Å². The first-order valence-corrected chi connectivity index (χ1v) is 8.92. The maximum absolute atomic E-state index is 13.1. The molecule has 0 unspecified atom stereocenters. The van der Waals surface area contributed by atoms with Crippen LogP contribution in [0.5, 0.6) is 5.75 Å². The third-order valence-corrected chi connectivity index (χ3v) is 4.78. The van der Waals surface area contributed by atoms with Crippen molar-refractivity contribution in [3.8, 4) is 5.75 Å². The third kappa shape index (κ3) is 5.13. The summed E-state index contributed by atoms with van der Waals surface area (Å²) in [6.45, 7) is 0.327. The van der Waals surface area contributed by atoms with Crippen LogP contribution in [-0.4, -0.2) is 23.7 Å². The van der Waals surface area contributed by atoms with Crippen molar-refractivity contribution in [1.82, 2.24) is 10.3 Å². The van der Waals surface area contributed by atoms with Crippen molar-refractivity contribution in [2.24, 2.45) is 5.92 Å². The predicted octanol–water partition coefficient (Wildman–Crippen LogP) is 4.80. The molecule has 9 heteroatoms. The molecule has 0 saturated heterocycles. The first kappa shape index (κ1) is 20.4. The van der Waals surface area contributed by atoms with E-state index in [1.165, 1.54) is 30.5 Å². The number of benzene rings is 1. The van der Waals surface area contributed by atoms with E-state index in [0.717, 1.165) is 5.56 Å². The van der Waals surface area contributed by atoms with Gasteiger partial charge in [0.1, 0.15) is 11.6 Å². The number of aromatic nitrogens is 1. The fourth-order valence-corrected chi connectivity index (χ4v) is 3.23. The summed E-state index contributed by atoms with van der Waals surface area (Å²) in [4.78, 5) is 16.5. The van der Waals surface area contributed by atoms with Crippen LogP contribution >= 0.6 is 11.6 Å². The molecule has 150 valence electrons. The van der Waals surface area contributed by atoms with Crippen molar-refractivity contribution < 1.29 is 27.1 Å². The van der Waals surface area contributed by atoms with Gasteiger partial charge in [-0.1, -0.05) is 17.7 Å². The van der Waals surface area contributed by atoms with E-state index in [-0.39, 0.29) is 23.5 Å². The molecule has 1 fully saturated rings. The maximum atomic E-state index is 13.1. The predicted molar refractivity (Wildman–Crippen MR) is 94.6 cm³/mol. The highest BCUT2D eigenvalue weighted by atomic mass is 35.5. The first-order chi connectivity index (χ1) is 13.1. The Morgan fingerprint density at radius 1 is 1.36 bits per heavy atom. The second-order valence-electron chi connectivity index (χ2n) is 6.67. The van der Waals surface area contributed by atoms with Crippen molar-refractivity contribution in [2.45, 2.75) is 31.5 Å². The second kappa shape index (κ2) is 7.95. The fourth-order valence-electron chi connectivity index (χ4n) is 2.92. The first-order valence-electron chi connectivity index (χ1n) is 8.55. The van der Waals surface area contributed by atoms with Gasteiger partial charge in [-0.15, -0.1) is 0 Å². The number of nitrogens with one attached hydrogen (secondary N) is 1. The van der Waals surface area contributed by atoms with Crippen molar-refractivity contribution in [3.05, 3.63) is 58.6 Å². The molecule has 4 nitrogen and oxygen atoms in total. The average Bonchev–Trinajstić information content (AvgIpc) is 3.40. The molecule has 1 saturated carbocycles. The number of ether oxygens (including phenoxy) is 1. The molecule has 28 heavy (non-hydrogen) atoms. The zero-order chi connectivity index (χ0) is 20.5. The number of halogens is 5. The number of amides is 1.